The Hall–Kier alpha value is -1.88. The topological polar surface area (TPSA) is 53.9 Å². The second kappa shape index (κ2) is 7.40. The molecule has 22 heavy (non-hydrogen) atoms. The molecule has 0 fully saturated rings. The Morgan fingerprint density at radius 2 is 1.91 bits per heavy atom. The molecule has 0 saturated carbocycles. The fourth-order valence-electron chi connectivity index (χ4n) is 2.79. The van der Waals surface area contributed by atoms with E-state index in [1.165, 1.54) is 11.1 Å². The average molecular weight is 304 g/mol. The zero-order valence-corrected chi connectivity index (χ0v) is 13.7. The first kappa shape index (κ1) is 16.5. The number of carbonyl (C=O) groups is 2. The standard InChI is InChI=1S/C17H25N3O2/c1-13(2)18-16(21)11-19(3)12-17(22)20-9-8-14-6-4-5-7-15(14)10-20/h4-7,13H,8-12H2,1-3H3,(H,18,21)/p+1. The van der Waals surface area contributed by atoms with E-state index in [4.69, 9.17) is 0 Å². The molecule has 1 atom stereocenters. The van der Waals surface area contributed by atoms with Gasteiger partial charge in [-0.2, -0.15) is 0 Å². The van der Waals surface area contributed by atoms with Crippen molar-refractivity contribution in [2.75, 3.05) is 26.7 Å². The van der Waals surface area contributed by atoms with E-state index >= 15 is 0 Å². The summed E-state index contributed by atoms with van der Waals surface area (Å²) < 4.78 is 0. The Bertz CT molecular complexity index is 542. The predicted octanol–water partition coefficient (Wildman–Crippen LogP) is -0.389. The van der Waals surface area contributed by atoms with E-state index in [1.807, 2.05) is 37.9 Å². The van der Waals surface area contributed by atoms with E-state index in [1.54, 1.807) is 0 Å². The van der Waals surface area contributed by atoms with Gasteiger partial charge in [0.05, 0.1) is 7.05 Å². The number of fused-ring (bicyclic) bond motifs is 1. The predicted molar refractivity (Wildman–Crippen MR) is 85.5 cm³/mol. The van der Waals surface area contributed by atoms with Crippen molar-refractivity contribution in [3.8, 4) is 0 Å². The van der Waals surface area contributed by atoms with Crippen LogP contribution in [0.1, 0.15) is 25.0 Å². The molecule has 120 valence electrons. The Kier molecular flexibility index (Phi) is 5.55. The van der Waals surface area contributed by atoms with E-state index < -0.39 is 0 Å². The molecule has 0 spiro atoms. The zero-order chi connectivity index (χ0) is 16.1. The first-order valence-corrected chi connectivity index (χ1v) is 7.91. The number of nitrogens with one attached hydrogen (secondary N) is 2. The maximum Gasteiger partial charge on any atom is 0.278 e. The van der Waals surface area contributed by atoms with E-state index in [-0.39, 0.29) is 17.9 Å². The minimum absolute atomic E-state index is 0.00992. The first-order valence-electron chi connectivity index (χ1n) is 7.91. The number of likely N-dealkylation sites (N-methyl/N-ethyl adjacent to an activating group) is 1. The Morgan fingerprint density at radius 1 is 1.23 bits per heavy atom. The number of amides is 2. The summed E-state index contributed by atoms with van der Waals surface area (Å²) in [6, 6.07) is 8.41. The first-order chi connectivity index (χ1) is 10.5. The third-order valence-electron chi connectivity index (χ3n) is 3.85. The van der Waals surface area contributed by atoms with E-state index in [0.717, 1.165) is 17.9 Å². The number of carbonyl (C=O) groups excluding carboxylic acids is 2. The molecule has 5 heteroatoms. The lowest BCUT2D eigenvalue weighted by Gasteiger charge is -2.29. The SMILES string of the molecule is CC(C)NC(=O)C[NH+](C)CC(=O)N1CCc2ccccc2C1. The summed E-state index contributed by atoms with van der Waals surface area (Å²) in [6.07, 6.45) is 0.912. The summed E-state index contributed by atoms with van der Waals surface area (Å²) in [5, 5.41) is 2.85. The summed E-state index contributed by atoms with van der Waals surface area (Å²) in [5.74, 6) is 0.105. The zero-order valence-electron chi connectivity index (χ0n) is 13.7. The third-order valence-corrected chi connectivity index (χ3v) is 3.85. The van der Waals surface area contributed by atoms with E-state index in [0.29, 0.717) is 19.6 Å². The van der Waals surface area contributed by atoms with Crippen molar-refractivity contribution in [3.05, 3.63) is 35.4 Å². The van der Waals surface area contributed by atoms with Gasteiger partial charge >= 0.3 is 0 Å². The summed E-state index contributed by atoms with van der Waals surface area (Å²) in [5.41, 5.74) is 2.57. The van der Waals surface area contributed by atoms with Gasteiger partial charge in [-0.1, -0.05) is 24.3 Å². The highest BCUT2D eigenvalue weighted by molar-refractivity contribution is 5.79. The number of benzene rings is 1. The van der Waals surface area contributed by atoms with Gasteiger partial charge < -0.3 is 15.1 Å². The molecular formula is C17H26N3O2+. The Labute approximate surface area is 132 Å². The van der Waals surface area contributed by atoms with Crippen LogP contribution in [0, 0.1) is 0 Å². The minimum Gasteiger partial charge on any atom is -0.349 e. The van der Waals surface area contributed by atoms with Gasteiger partial charge in [-0.25, -0.2) is 0 Å². The van der Waals surface area contributed by atoms with Gasteiger partial charge in [0.15, 0.2) is 13.1 Å². The van der Waals surface area contributed by atoms with Crippen LogP contribution in [-0.2, 0) is 22.6 Å². The van der Waals surface area contributed by atoms with Crippen LogP contribution in [0.4, 0.5) is 0 Å². The van der Waals surface area contributed by atoms with Crippen molar-refractivity contribution in [2.24, 2.45) is 0 Å². The van der Waals surface area contributed by atoms with Crippen molar-refractivity contribution in [3.63, 3.8) is 0 Å². The molecule has 0 saturated heterocycles. The smallest absolute Gasteiger partial charge is 0.278 e. The Morgan fingerprint density at radius 3 is 2.59 bits per heavy atom. The number of quaternary nitrogens is 1. The van der Waals surface area contributed by atoms with Crippen LogP contribution in [0.5, 0.6) is 0 Å². The summed E-state index contributed by atoms with van der Waals surface area (Å²) >= 11 is 0. The van der Waals surface area contributed by atoms with Gasteiger partial charge in [-0.3, -0.25) is 9.59 Å². The molecule has 0 bridgehead atoms. The molecule has 0 aromatic heterocycles. The summed E-state index contributed by atoms with van der Waals surface area (Å²) in [6.45, 7) is 6.00. The van der Waals surface area contributed by atoms with Crippen LogP contribution in [-0.4, -0.2) is 49.4 Å². The van der Waals surface area contributed by atoms with Gasteiger partial charge in [0.2, 0.25) is 0 Å². The summed E-state index contributed by atoms with van der Waals surface area (Å²) in [4.78, 5) is 26.9. The molecule has 2 rings (SSSR count). The molecule has 2 N–H and O–H groups in total. The lowest BCUT2D eigenvalue weighted by atomic mass is 10.00. The van der Waals surface area contributed by atoms with E-state index in [9.17, 15) is 9.59 Å². The van der Waals surface area contributed by atoms with Crippen LogP contribution >= 0.6 is 0 Å². The highest BCUT2D eigenvalue weighted by Crippen LogP contribution is 2.17. The van der Waals surface area contributed by atoms with Crippen LogP contribution in [0.25, 0.3) is 0 Å². The highest BCUT2D eigenvalue weighted by atomic mass is 16.2. The Balaban J connectivity index is 1.84. The molecular weight excluding hydrogens is 278 g/mol. The van der Waals surface area contributed by atoms with Crippen LogP contribution < -0.4 is 10.2 Å². The van der Waals surface area contributed by atoms with Crippen LogP contribution in [0.2, 0.25) is 0 Å². The second-order valence-electron chi connectivity index (χ2n) is 6.37. The molecule has 1 aliphatic heterocycles. The van der Waals surface area contributed by atoms with Gasteiger partial charge in [0, 0.05) is 19.1 Å². The lowest BCUT2D eigenvalue weighted by Crippen LogP contribution is -3.11. The van der Waals surface area contributed by atoms with Crippen molar-refractivity contribution in [1.82, 2.24) is 10.2 Å². The van der Waals surface area contributed by atoms with Crippen molar-refractivity contribution < 1.29 is 14.5 Å². The van der Waals surface area contributed by atoms with E-state index in [2.05, 4.69) is 17.4 Å². The molecule has 0 radical (unpaired) electrons. The number of nitrogens with zero attached hydrogens (tertiary/aromatic N) is 1. The maximum absolute atomic E-state index is 12.4. The summed E-state index contributed by atoms with van der Waals surface area (Å²) in [7, 11) is 1.88. The van der Waals surface area contributed by atoms with Crippen LogP contribution in [0.3, 0.4) is 0 Å². The largest absolute Gasteiger partial charge is 0.349 e. The molecule has 1 aliphatic rings. The maximum atomic E-state index is 12.4. The molecule has 1 aromatic rings. The van der Waals surface area contributed by atoms with Gasteiger partial charge in [-0.15, -0.1) is 0 Å². The molecule has 0 aliphatic carbocycles. The van der Waals surface area contributed by atoms with Gasteiger partial charge in [0.25, 0.3) is 11.8 Å². The van der Waals surface area contributed by atoms with Crippen molar-refractivity contribution in [2.45, 2.75) is 32.9 Å². The monoisotopic (exact) mass is 304 g/mol. The molecule has 1 unspecified atom stereocenters. The average Bonchev–Trinajstić information content (AvgIpc) is 2.45. The van der Waals surface area contributed by atoms with Gasteiger partial charge in [-0.05, 0) is 31.4 Å². The van der Waals surface area contributed by atoms with Crippen molar-refractivity contribution in [1.29, 1.82) is 0 Å². The van der Waals surface area contributed by atoms with Gasteiger partial charge in [0.1, 0.15) is 0 Å². The fourth-order valence-corrected chi connectivity index (χ4v) is 2.79. The quantitative estimate of drug-likeness (QED) is 0.778. The number of rotatable bonds is 5. The fraction of sp³-hybridized carbons (Fsp3) is 0.529. The second-order valence-corrected chi connectivity index (χ2v) is 6.37. The molecule has 2 amide bonds. The highest BCUT2D eigenvalue weighted by Gasteiger charge is 2.23. The number of hydrogen-bond donors (Lipinski definition) is 2. The minimum atomic E-state index is -0.00992. The molecule has 5 nitrogen and oxygen atoms in total. The molecule has 1 heterocycles. The van der Waals surface area contributed by atoms with Crippen LogP contribution in [0.15, 0.2) is 24.3 Å². The number of hydrogen-bond acceptors (Lipinski definition) is 2. The normalized spacial score (nSPS) is 15.4. The lowest BCUT2D eigenvalue weighted by molar-refractivity contribution is -0.863. The molecule has 1 aromatic carbocycles. The third kappa shape index (κ3) is 4.56. The van der Waals surface area contributed by atoms with Crippen molar-refractivity contribution >= 4 is 11.8 Å².